The zero-order valence-corrected chi connectivity index (χ0v) is 28.6. The Morgan fingerprint density at radius 1 is 0.392 bits per heavy atom. The minimum atomic E-state index is 1.15. The van der Waals surface area contributed by atoms with Gasteiger partial charge in [-0.3, -0.25) is 0 Å². The number of fused-ring (bicyclic) bond motifs is 6. The third-order valence-electron chi connectivity index (χ3n) is 10.0. The van der Waals surface area contributed by atoms with Gasteiger partial charge in [0, 0.05) is 48.9 Å². The average Bonchev–Trinajstić information content (AvgIpc) is 3.77. The maximum absolute atomic E-state index is 2.45. The summed E-state index contributed by atoms with van der Waals surface area (Å²) in [5.74, 6) is 0. The van der Waals surface area contributed by atoms with E-state index in [1.165, 1.54) is 81.2 Å². The molecule has 51 heavy (non-hydrogen) atoms. The minimum Gasteiger partial charge on any atom is -0.317 e. The van der Waals surface area contributed by atoms with E-state index in [4.69, 9.17) is 0 Å². The number of rotatable bonds is 6. The van der Waals surface area contributed by atoms with Crippen molar-refractivity contribution >= 4 is 55.2 Å². The monoisotopic (exact) mass is 668 g/mol. The van der Waals surface area contributed by atoms with E-state index in [0.29, 0.717) is 0 Å². The molecule has 10 aromatic rings. The van der Waals surface area contributed by atoms with Crippen molar-refractivity contribution < 1.29 is 0 Å². The van der Waals surface area contributed by atoms with Gasteiger partial charge in [0.2, 0.25) is 0 Å². The predicted molar refractivity (Wildman–Crippen MR) is 217 cm³/mol. The molecule has 0 spiro atoms. The molecule has 0 N–H and O–H groups in total. The van der Waals surface area contributed by atoms with Gasteiger partial charge in [0.25, 0.3) is 0 Å². The third kappa shape index (κ3) is 5.05. The van der Waals surface area contributed by atoms with Gasteiger partial charge in [0.15, 0.2) is 0 Å². The van der Waals surface area contributed by atoms with Crippen molar-refractivity contribution in [3.05, 3.63) is 194 Å². The normalized spacial score (nSPS) is 11.6. The lowest BCUT2D eigenvalue weighted by molar-refractivity contribution is 1.13. The maximum atomic E-state index is 2.45. The van der Waals surface area contributed by atoms with Crippen molar-refractivity contribution in [2.24, 2.45) is 0 Å². The summed E-state index contributed by atoms with van der Waals surface area (Å²) in [5.41, 5.74) is 10.9. The molecule has 0 aliphatic rings. The molecule has 0 unspecified atom stereocenters. The van der Waals surface area contributed by atoms with Crippen LogP contribution in [0.2, 0.25) is 0 Å². The molecule has 0 radical (unpaired) electrons. The number of hydrogen-bond donors (Lipinski definition) is 0. The summed E-state index contributed by atoms with van der Waals surface area (Å²) in [6, 6.07) is 68.2. The van der Waals surface area contributed by atoms with E-state index >= 15 is 0 Å². The second-order valence-electron chi connectivity index (χ2n) is 13.0. The fourth-order valence-corrected chi connectivity index (χ4v) is 8.63. The molecule has 0 fully saturated rings. The summed E-state index contributed by atoms with van der Waals surface area (Å²) in [7, 11) is 0. The standard InChI is InChI=1S/C48H32N2S/c1-3-13-36(14-4-1)49-30-29-35-31-44-34(32-46(35)49)25-28-43-41-19-9-11-21-45(41)50(48(43)44)37-26-23-33(24-27-37)39-17-7-8-18-40(39)42-20-10-12-22-47(42)51-38-15-5-2-6-16-38/h1-32H. The van der Waals surface area contributed by atoms with Gasteiger partial charge in [-0.2, -0.15) is 0 Å². The molecule has 10 rings (SSSR count). The zero-order valence-electron chi connectivity index (χ0n) is 27.8. The Hall–Kier alpha value is -6.29. The summed E-state index contributed by atoms with van der Waals surface area (Å²) in [6.45, 7) is 0. The Morgan fingerprint density at radius 3 is 1.90 bits per heavy atom. The Kier molecular flexibility index (Phi) is 7.11. The van der Waals surface area contributed by atoms with Crippen molar-refractivity contribution in [3.8, 4) is 33.6 Å². The Labute approximate surface area is 300 Å². The molecular formula is C48H32N2S. The maximum Gasteiger partial charge on any atom is 0.0619 e. The molecule has 2 nitrogen and oxygen atoms in total. The van der Waals surface area contributed by atoms with Gasteiger partial charge in [0.05, 0.1) is 16.6 Å². The molecule has 0 atom stereocenters. The fourth-order valence-electron chi connectivity index (χ4n) is 7.65. The van der Waals surface area contributed by atoms with Crippen molar-refractivity contribution in [3.63, 3.8) is 0 Å². The summed E-state index contributed by atoms with van der Waals surface area (Å²) in [6.07, 6.45) is 2.18. The molecule has 0 amide bonds. The first-order valence-corrected chi connectivity index (χ1v) is 18.2. The second kappa shape index (κ2) is 12.2. The first-order valence-electron chi connectivity index (χ1n) is 17.3. The van der Waals surface area contributed by atoms with Crippen LogP contribution in [0.15, 0.2) is 204 Å². The SMILES string of the molecule is c1ccc(Sc2ccccc2-c2ccccc2-c2ccc(-n3c4ccccc4c4ccc5cc6c(ccn6-c6ccccc6)cc5c43)cc2)cc1. The van der Waals surface area contributed by atoms with Crippen LogP contribution in [0.3, 0.4) is 0 Å². The molecule has 3 heteroatoms. The number of aromatic nitrogens is 2. The molecular weight excluding hydrogens is 637 g/mol. The highest BCUT2D eigenvalue weighted by Crippen LogP contribution is 2.42. The molecule has 240 valence electrons. The fraction of sp³-hybridized carbons (Fsp3) is 0. The van der Waals surface area contributed by atoms with Crippen LogP contribution >= 0.6 is 11.8 Å². The number of benzene rings is 8. The first-order chi connectivity index (χ1) is 25.3. The smallest absolute Gasteiger partial charge is 0.0619 e. The van der Waals surface area contributed by atoms with Crippen LogP contribution in [0.5, 0.6) is 0 Å². The first kappa shape index (κ1) is 29.6. The van der Waals surface area contributed by atoms with Crippen molar-refractivity contribution in [2.75, 3.05) is 0 Å². The molecule has 0 bridgehead atoms. The van der Waals surface area contributed by atoms with E-state index in [0.717, 1.165) is 5.69 Å². The van der Waals surface area contributed by atoms with Gasteiger partial charge < -0.3 is 9.13 Å². The average molecular weight is 669 g/mol. The highest BCUT2D eigenvalue weighted by molar-refractivity contribution is 7.99. The summed E-state index contributed by atoms with van der Waals surface area (Å²) in [5, 5.41) is 6.24. The van der Waals surface area contributed by atoms with Crippen LogP contribution in [-0.4, -0.2) is 9.13 Å². The van der Waals surface area contributed by atoms with Gasteiger partial charge in [-0.15, -0.1) is 0 Å². The Balaban J connectivity index is 1.11. The van der Waals surface area contributed by atoms with E-state index in [1.807, 2.05) is 11.8 Å². The highest BCUT2D eigenvalue weighted by Gasteiger charge is 2.17. The van der Waals surface area contributed by atoms with Gasteiger partial charge in [-0.25, -0.2) is 0 Å². The van der Waals surface area contributed by atoms with Crippen LogP contribution in [-0.2, 0) is 0 Å². The van der Waals surface area contributed by atoms with Gasteiger partial charge in [-0.05, 0) is 94.4 Å². The zero-order chi connectivity index (χ0) is 33.7. The summed E-state index contributed by atoms with van der Waals surface area (Å²) in [4.78, 5) is 2.48. The van der Waals surface area contributed by atoms with Gasteiger partial charge in [-0.1, -0.05) is 133 Å². The Morgan fingerprint density at radius 2 is 1.08 bits per heavy atom. The quantitative estimate of drug-likeness (QED) is 0.171. The Bertz CT molecular complexity index is 2860. The lowest BCUT2D eigenvalue weighted by atomic mass is 9.94. The molecule has 0 saturated carbocycles. The largest absolute Gasteiger partial charge is 0.317 e. The molecule has 8 aromatic carbocycles. The number of nitrogens with zero attached hydrogens (tertiary/aromatic N) is 2. The molecule has 0 aliphatic heterocycles. The van der Waals surface area contributed by atoms with Gasteiger partial charge in [0.1, 0.15) is 0 Å². The summed E-state index contributed by atoms with van der Waals surface area (Å²) < 4.78 is 4.73. The van der Waals surface area contributed by atoms with Crippen LogP contribution in [0.1, 0.15) is 0 Å². The van der Waals surface area contributed by atoms with E-state index in [-0.39, 0.29) is 0 Å². The second-order valence-corrected chi connectivity index (χ2v) is 14.1. The van der Waals surface area contributed by atoms with E-state index in [1.54, 1.807) is 0 Å². The third-order valence-corrected chi connectivity index (χ3v) is 11.1. The molecule has 2 heterocycles. The summed E-state index contributed by atoms with van der Waals surface area (Å²) >= 11 is 1.81. The van der Waals surface area contributed by atoms with Gasteiger partial charge >= 0.3 is 0 Å². The van der Waals surface area contributed by atoms with Crippen LogP contribution in [0, 0.1) is 0 Å². The van der Waals surface area contributed by atoms with Crippen LogP contribution in [0.4, 0.5) is 0 Å². The minimum absolute atomic E-state index is 1.15. The van der Waals surface area contributed by atoms with Crippen molar-refractivity contribution in [2.45, 2.75) is 9.79 Å². The van der Waals surface area contributed by atoms with E-state index in [2.05, 4.69) is 203 Å². The molecule has 0 aliphatic carbocycles. The van der Waals surface area contributed by atoms with Crippen LogP contribution in [0.25, 0.3) is 77.1 Å². The lowest BCUT2D eigenvalue weighted by Gasteiger charge is -2.15. The predicted octanol–water partition coefficient (Wildman–Crippen LogP) is 13.4. The van der Waals surface area contributed by atoms with E-state index in [9.17, 15) is 0 Å². The number of para-hydroxylation sites is 2. The number of hydrogen-bond acceptors (Lipinski definition) is 1. The highest BCUT2D eigenvalue weighted by atomic mass is 32.2. The van der Waals surface area contributed by atoms with Crippen LogP contribution < -0.4 is 0 Å². The lowest BCUT2D eigenvalue weighted by Crippen LogP contribution is -1.95. The topological polar surface area (TPSA) is 9.86 Å². The van der Waals surface area contributed by atoms with Crippen molar-refractivity contribution in [1.29, 1.82) is 0 Å². The molecule has 2 aromatic heterocycles. The van der Waals surface area contributed by atoms with Crippen molar-refractivity contribution in [1.82, 2.24) is 9.13 Å². The molecule has 0 saturated heterocycles. The van der Waals surface area contributed by atoms with E-state index < -0.39 is 0 Å².